The summed E-state index contributed by atoms with van der Waals surface area (Å²) in [6, 6.07) is 0. The number of H-pyrrole nitrogens is 1. The highest BCUT2D eigenvalue weighted by Gasteiger charge is 2.16. The summed E-state index contributed by atoms with van der Waals surface area (Å²) in [5.41, 5.74) is 1.32. The van der Waals surface area contributed by atoms with Crippen molar-refractivity contribution in [2.45, 2.75) is 6.92 Å². The molecule has 0 aliphatic heterocycles. The fourth-order valence-corrected chi connectivity index (χ4v) is 1.57. The van der Waals surface area contributed by atoms with Crippen LogP contribution in [0.25, 0.3) is 11.0 Å². The van der Waals surface area contributed by atoms with E-state index < -0.39 is 5.97 Å². The maximum atomic E-state index is 10.8. The van der Waals surface area contributed by atoms with Crippen LogP contribution in [0.2, 0.25) is 0 Å². The maximum absolute atomic E-state index is 10.8. The monoisotopic (exact) mass is 255 g/mol. The molecule has 72 valence electrons. The van der Waals surface area contributed by atoms with Crippen LogP contribution in [0.5, 0.6) is 0 Å². The Morgan fingerprint density at radius 2 is 2.36 bits per heavy atom. The molecule has 0 aliphatic carbocycles. The number of pyridine rings is 1. The maximum Gasteiger partial charge on any atom is 0.354 e. The van der Waals surface area contributed by atoms with E-state index in [1.165, 1.54) is 0 Å². The van der Waals surface area contributed by atoms with Crippen LogP contribution in [0.15, 0.2) is 10.7 Å². The minimum absolute atomic E-state index is 0.0753. The van der Waals surface area contributed by atoms with E-state index in [1.807, 2.05) is 6.92 Å². The number of aromatic amines is 1. The second-order valence-electron chi connectivity index (χ2n) is 2.83. The first kappa shape index (κ1) is 9.14. The fourth-order valence-electron chi connectivity index (χ4n) is 1.27. The average molecular weight is 256 g/mol. The number of aryl methyl sites for hydroxylation is 1. The van der Waals surface area contributed by atoms with Gasteiger partial charge in [0.25, 0.3) is 0 Å². The Kier molecular flexibility index (Phi) is 1.99. The Bertz CT molecular complexity index is 521. The second kappa shape index (κ2) is 3.06. The third-order valence-electron chi connectivity index (χ3n) is 1.99. The summed E-state index contributed by atoms with van der Waals surface area (Å²) in [6.07, 6.45) is 1.60. The minimum atomic E-state index is -1.03. The van der Waals surface area contributed by atoms with Crippen LogP contribution in [0.4, 0.5) is 0 Å². The number of aromatic nitrogens is 3. The highest BCUT2D eigenvalue weighted by Crippen LogP contribution is 2.24. The normalized spacial score (nSPS) is 10.7. The lowest BCUT2D eigenvalue weighted by molar-refractivity contribution is 0.0692. The number of nitrogens with zero attached hydrogens (tertiary/aromatic N) is 2. The Hall–Kier alpha value is -1.43. The molecule has 2 aromatic rings. The first-order valence-electron chi connectivity index (χ1n) is 3.83. The van der Waals surface area contributed by atoms with Crippen LogP contribution in [0.3, 0.4) is 0 Å². The highest BCUT2D eigenvalue weighted by atomic mass is 79.9. The van der Waals surface area contributed by atoms with Gasteiger partial charge in [-0.05, 0) is 28.4 Å². The van der Waals surface area contributed by atoms with E-state index in [9.17, 15) is 4.79 Å². The van der Waals surface area contributed by atoms with Gasteiger partial charge in [0, 0.05) is 10.7 Å². The number of fused-ring (bicyclic) bond motifs is 1. The Morgan fingerprint density at radius 3 is 3.00 bits per heavy atom. The number of carboxylic acid groups (broad SMARTS) is 1. The largest absolute Gasteiger partial charge is 0.477 e. The number of carbonyl (C=O) groups is 1. The SMILES string of the molecule is Cc1c(Br)cnc2n[nH]c(C(=O)O)c12. The summed E-state index contributed by atoms with van der Waals surface area (Å²) < 4.78 is 0.772. The van der Waals surface area contributed by atoms with Crippen molar-refractivity contribution in [1.82, 2.24) is 15.2 Å². The van der Waals surface area contributed by atoms with Gasteiger partial charge < -0.3 is 5.11 Å². The summed E-state index contributed by atoms with van der Waals surface area (Å²) in [5, 5.41) is 15.7. The fraction of sp³-hybridized carbons (Fsp3) is 0.125. The van der Waals surface area contributed by atoms with Gasteiger partial charge in [0.15, 0.2) is 11.3 Å². The molecule has 14 heavy (non-hydrogen) atoms. The molecule has 6 heteroatoms. The number of halogens is 1. The molecule has 0 unspecified atom stereocenters. The van der Waals surface area contributed by atoms with E-state index in [0.717, 1.165) is 10.0 Å². The zero-order valence-corrected chi connectivity index (χ0v) is 8.79. The van der Waals surface area contributed by atoms with Crippen LogP contribution < -0.4 is 0 Å². The molecule has 0 saturated carbocycles. The van der Waals surface area contributed by atoms with Gasteiger partial charge in [-0.2, -0.15) is 5.10 Å². The van der Waals surface area contributed by atoms with Crippen LogP contribution in [0.1, 0.15) is 16.1 Å². The summed E-state index contributed by atoms with van der Waals surface area (Å²) in [4.78, 5) is 14.8. The smallest absolute Gasteiger partial charge is 0.354 e. The Labute approximate surface area is 87.3 Å². The van der Waals surface area contributed by atoms with Crippen LogP contribution >= 0.6 is 15.9 Å². The molecule has 0 radical (unpaired) electrons. The van der Waals surface area contributed by atoms with Gasteiger partial charge >= 0.3 is 5.97 Å². The van der Waals surface area contributed by atoms with Gasteiger partial charge in [0.1, 0.15) is 0 Å². The van der Waals surface area contributed by atoms with Crippen molar-refractivity contribution in [3.63, 3.8) is 0 Å². The molecule has 0 saturated heterocycles. The number of hydrogen-bond acceptors (Lipinski definition) is 3. The van der Waals surface area contributed by atoms with E-state index in [2.05, 4.69) is 31.1 Å². The number of aromatic carboxylic acids is 1. The molecule has 2 N–H and O–H groups in total. The number of nitrogens with one attached hydrogen (secondary N) is 1. The zero-order chi connectivity index (χ0) is 10.3. The van der Waals surface area contributed by atoms with Gasteiger partial charge in [0.2, 0.25) is 0 Å². The molecule has 0 fully saturated rings. The molecule has 2 rings (SSSR count). The highest BCUT2D eigenvalue weighted by molar-refractivity contribution is 9.10. The molecule has 5 nitrogen and oxygen atoms in total. The molecule has 0 atom stereocenters. The summed E-state index contributed by atoms with van der Waals surface area (Å²) in [5.74, 6) is -1.03. The molecule has 0 aromatic carbocycles. The second-order valence-corrected chi connectivity index (χ2v) is 3.69. The van der Waals surface area contributed by atoms with Crippen molar-refractivity contribution < 1.29 is 9.90 Å². The molecule has 0 aliphatic rings. The van der Waals surface area contributed by atoms with E-state index in [4.69, 9.17) is 5.11 Å². The number of rotatable bonds is 1. The molecule has 0 bridgehead atoms. The predicted octanol–water partition coefficient (Wildman–Crippen LogP) is 1.73. The molecule has 2 heterocycles. The topological polar surface area (TPSA) is 78.9 Å². The van der Waals surface area contributed by atoms with Crippen molar-refractivity contribution in [1.29, 1.82) is 0 Å². The molecule has 2 aromatic heterocycles. The Balaban J connectivity index is 2.89. The number of hydrogen-bond donors (Lipinski definition) is 2. The van der Waals surface area contributed by atoms with E-state index >= 15 is 0 Å². The first-order chi connectivity index (χ1) is 6.61. The molecule has 0 spiro atoms. The third kappa shape index (κ3) is 1.19. The van der Waals surface area contributed by atoms with Gasteiger partial charge in [-0.15, -0.1) is 0 Å². The summed E-state index contributed by atoms with van der Waals surface area (Å²) >= 11 is 3.29. The lowest BCUT2D eigenvalue weighted by Crippen LogP contribution is -1.98. The van der Waals surface area contributed by atoms with E-state index in [0.29, 0.717) is 11.0 Å². The van der Waals surface area contributed by atoms with Crippen molar-refractivity contribution in [2.75, 3.05) is 0 Å². The lowest BCUT2D eigenvalue weighted by atomic mass is 10.1. The van der Waals surface area contributed by atoms with Gasteiger partial charge in [-0.25, -0.2) is 9.78 Å². The van der Waals surface area contributed by atoms with Crippen LogP contribution in [-0.2, 0) is 0 Å². The van der Waals surface area contributed by atoms with Gasteiger partial charge in [-0.1, -0.05) is 0 Å². The molecular weight excluding hydrogens is 250 g/mol. The van der Waals surface area contributed by atoms with Gasteiger partial charge in [0.05, 0.1) is 5.39 Å². The van der Waals surface area contributed by atoms with Crippen LogP contribution in [-0.4, -0.2) is 26.3 Å². The van der Waals surface area contributed by atoms with E-state index in [-0.39, 0.29) is 5.69 Å². The zero-order valence-electron chi connectivity index (χ0n) is 7.21. The average Bonchev–Trinajstić information content (AvgIpc) is 2.55. The number of carboxylic acids is 1. The Morgan fingerprint density at radius 1 is 1.64 bits per heavy atom. The molecule has 0 amide bonds. The van der Waals surface area contributed by atoms with E-state index in [1.54, 1.807) is 6.20 Å². The quantitative estimate of drug-likeness (QED) is 0.814. The lowest BCUT2D eigenvalue weighted by Gasteiger charge is -1.98. The third-order valence-corrected chi connectivity index (χ3v) is 2.79. The van der Waals surface area contributed by atoms with Crippen LogP contribution in [0, 0.1) is 6.92 Å². The minimum Gasteiger partial charge on any atom is -0.477 e. The standard InChI is InChI=1S/C8H6BrN3O2/c1-3-4(9)2-10-7-5(3)6(8(13)14)11-12-7/h2H,1H3,(H,13,14)(H,10,11,12). The van der Waals surface area contributed by atoms with Crippen molar-refractivity contribution >= 4 is 32.9 Å². The van der Waals surface area contributed by atoms with Crippen molar-refractivity contribution in [3.05, 3.63) is 21.9 Å². The van der Waals surface area contributed by atoms with Crippen molar-refractivity contribution in [2.24, 2.45) is 0 Å². The van der Waals surface area contributed by atoms with Gasteiger partial charge in [-0.3, -0.25) is 5.10 Å². The summed E-state index contributed by atoms with van der Waals surface area (Å²) in [7, 11) is 0. The summed E-state index contributed by atoms with van der Waals surface area (Å²) in [6.45, 7) is 1.82. The predicted molar refractivity (Wildman–Crippen MR) is 53.3 cm³/mol. The molecular formula is C8H6BrN3O2. The first-order valence-corrected chi connectivity index (χ1v) is 4.63. The van der Waals surface area contributed by atoms with Crippen molar-refractivity contribution in [3.8, 4) is 0 Å².